The molecule has 1 aliphatic carbocycles. The zero-order valence-electron chi connectivity index (χ0n) is 11.9. The number of carbonyl (C=O) groups excluding carboxylic acids is 1. The maximum absolute atomic E-state index is 11.3. The van der Waals surface area contributed by atoms with Crippen molar-refractivity contribution in [3.05, 3.63) is 33.9 Å². The zero-order valence-corrected chi connectivity index (χ0v) is 11.9. The first-order chi connectivity index (χ1) is 10.2. The van der Waals surface area contributed by atoms with Gasteiger partial charge in [-0.1, -0.05) is 19.3 Å². The molecule has 0 heterocycles. The Labute approximate surface area is 123 Å². The highest BCUT2D eigenvalue weighted by atomic mass is 16.6. The Hall–Kier alpha value is -1.95. The van der Waals surface area contributed by atoms with E-state index in [0.717, 1.165) is 25.7 Å². The van der Waals surface area contributed by atoms with Crippen LogP contribution in [0.25, 0.3) is 0 Å². The van der Waals surface area contributed by atoms with Crippen molar-refractivity contribution in [2.75, 3.05) is 18.1 Å². The Morgan fingerprint density at radius 2 is 2.05 bits per heavy atom. The average Bonchev–Trinajstić information content (AvgIpc) is 2.53. The number of carbonyl (C=O) groups is 1. The number of nitro benzene ring substituents is 1. The summed E-state index contributed by atoms with van der Waals surface area (Å²) in [5.74, 6) is 0. The van der Waals surface area contributed by atoms with Crippen LogP contribution in [0.2, 0.25) is 0 Å². The lowest BCUT2D eigenvalue weighted by Crippen LogP contribution is -2.39. The minimum absolute atomic E-state index is 0.00815. The molecule has 0 spiro atoms. The number of nitrogens with zero attached hydrogens (tertiary/aromatic N) is 2. The van der Waals surface area contributed by atoms with Crippen molar-refractivity contribution in [1.82, 2.24) is 0 Å². The molecule has 1 aromatic carbocycles. The fourth-order valence-corrected chi connectivity index (χ4v) is 3.01. The molecule has 0 atom stereocenters. The van der Waals surface area contributed by atoms with Gasteiger partial charge in [0.25, 0.3) is 5.69 Å². The van der Waals surface area contributed by atoms with Gasteiger partial charge in [0.15, 0.2) is 6.29 Å². The van der Waals surface area contributed by atoms with Gasteiger partial charge in [0.2, 0.25) is 0 Å². The largest absolute Gasteiger partial charge is 0.395 e. The lowest BCUT2D eigenvalue weighted by molar-refractivity contribution is -0.384. The molecule has 114 valence electrons. The Bertz CT molecular complexity index is 512. The molecule has 1 fully saturated rings. The summed E-state index contributed by atoms with van der Waals surface area (Å²) >= 11 is 0. The van der Waals surface area contributed by atoms with Gasteiger partial charge >= 0.3 is 0 Å². The van der Waals surface area contributed by atoms with E-state index in [9.17, 15) is 20.0 Å². The van der Waals surface area contributed by atoms with Crippen LogP contribution in [-0.2, 0) is 0 Å². The standard InChI is InChI=1S/C15H20N2O4/c18-9-8-16(13-4-2-1-3-5-13)15-7-6-14(17(20)21)10-12(15)11-19/h6-7,10-11,13,18H,1-5,8-9H2. The monoisotopic (exact) mass is 292 g/mol. The van der Waals surface area contributed by atoms with Gasteiger partial charge in [-0.15, -0.1) is 0 Å². The highest BCUT2D eigenvalue weighted by Crippen LogP contribution is 2.30. The van der Waals surface area contributed by atoms with Crippen LogP contribution in [0.1, 0.15) is 42.5 Å². The summed E-state index contributed by atoms with van der Waals surface area (Å²) in [4.78, 5) is 23.6. The maximum Gasteiger partial charge on any atom is 0.270 e. The SMILES string of the molecule is O=Cc1cc([N+](=O)[O-])ccc1N(CCO)C1CCCCC1. The van der Waals surface area contributed by atoms with Crippen molar-refractivity contribution in [3.8, 4) is 0 Å². The molecule has 0 saturated heterocycles. The summed E-state index contributed by atoms with van der Waals surface area (Å²) in [7, 11) is 0. The smallest absolute Gasteiger partial charge is 0.270 e. The van der Waals surface area contributed by atoms with E-state index >= 15 is 0 Å². The highest BCUT2D eigenvalue weighted by molar-refractivity contribution is 5.86. The molecule has 0 aromatic heterocycles. The normalized spacial score (nSPS) is 15.7. The van der Waals surface area contributed by atoms with Crippen molar-refractivity contribution in [1.29, 1.82) is 0 Å². The third-order valence-corrected chi connectivity index (χ3v) is 4.01. The first-order valence-electron chi connectivity index (χ1n) is 7.28. The molecule has 6 nitrogen and oxygen atoms in total. The molecule has 1 N–H and O–H groups in total. The molecule has 0 bridgehead atoms. The molecule has 1 aliphatic rings. The van der Waals surface area contributed by atoms with Gasteiger partial charge in [-0.2, -0.15) is 0 Å². The van der Waals surface area contributed by atoms with E-state index in [0.29, 0.717) is 24.1 Å². The zero-order chi connectivity index (χ0) is 15.2. The van der Waals surface area contributed by atoms with Crippen LogP contribution in [0.15, 0.2) is 18.2 Å². The molecule has 0 amide bonds. The van der Waals surface area contributed by atoms with Crippen molar-refractivity contribution in [2.45, 2.75) is 38.1 Å². The maximum atomic E-state index is 11.3. The minimum atomic E-state index is -0.506. The number of aliphatic hydroxyl groups is 1. The Morgan fingerprint density at radius 1 is 1.33 bits per heavy atom. The van der Waals surface area contributed by atoms with Gasteiger partial charge in [0.05, 0.1) is 11.5 Å². The molecule has 2 rings (SSSR count). The molecular formula is C15H20N2O4. The summed E-state index contributed by atoms with van der Waals surface area (Å²) in [6.07, 6.45) is 6.18. The molecule has 1 aromatic rings. The third kappa shape index (κ3) is 3.58. The number of hydrogen-bond donors (Lipinski definition) is 1. The van der Waals surface area contributed by atoms with Gasteiger partial charge < -0.3 is 10.0 Å². The van der Waals surface area contributed by atoms with E-state index in [4.69, 9.17) is 0 Å². The number of aliphatic hydroxyl groups excluding tert-OH is 1. The number of aldehydes is 1. The number of nitro groups is 1. The first-order valence-corrected chi connectivity index (χ1v) is 7.28. The summed E-state index contributed by atoms with van der Waals surface area (Å²) in [5, 5.41) is 20.1. The second-order valence-corrected chi connectivity index (χ2v) is 5.33. The van der Waals surface area contributed by atoms with Gasteiger partial charge in [-0.05, 0) is 18.9 Å². The molecule has 0 unspecified atom stereocenters. The van der Waals surface area contributed by atoms with E-state index in [1.807, 2.05) is 4.90 Å². The molecule has 0 radical (unpaired) electrons. The Kier molecular flexibility index (Phi) is 5.27. The van der Waals surface area contributed by atoms with E-state index in [-0.39, 0.29) is 18.3 Å². The van der Waals surface area contributed by atoms with Crippen LogP contribution < -0.4 is 4.90 Å². The minimum Gasteiger partial charge on any atom is -0.395 e. The molecule has 21 heavy (non-hydrogen) atoms. The van der Waals surface area contributed by atoms with E-state index in [1.54, 1.807) is 6.07 Å². The van der Waals surface area contributed by atoms with Crippen molar-refractivity contribution in [3.63, 3.8) is 0 Å². The Morgan fingerprint density at radius 3 is 2.62 bits per heavy atom. The van der Waals surface area contributed by atoms with Crippen LogP contribution in [0.3, 0.4) is 0 Å². The van der Waals surface area contributed by atoms with Crippen LogP contribution in [-0.4, -0.2) is 35.5 Å². The quantitative estimate of drug-likeness (QED) is 0.495. The first kappa shape index (κ1) is 15.4. The summed E-state index contributed by atoms with van der Waals surface area (Å²) in [6.45, 7) is 0.426. The Balaban J connectivity index is 2.34. The van der Waals surface area contributed by atoms with Crippen LogP contribution in [0.5, 0.6) is 0 Å². The van der Waals surface area contributed by atoms with E-state index in [2.05, 4.69) is 0 Å². The lowest BCUT2D eigenvalue weighted by atomic mass is 9.93. The van der Waals surface area contributed by atoms with Gasteiger partial charge in [-0.25, -0.2) is 0 Å². The summed E-state index contributed by atoms with van der Waals surface area (Å²) in [5.41, 5.74) is 0.896. The molecule has 1 saturated carbocycles. The van der Waals surface area contributed by atoms with Crippen molar-refractivity contribution < 1.29 is 14.8 Å². The predicted octanol–water partition coefficient (Wildman–Crippen LogP) is 2.54. The fourth-order valence-electron chi connectivity index (χ4n) is 3.01. The number of rotatable bonds is 6. The number of anilines is 1. The molecule has 6 heteroatoms. The number of hydrogen-bond acceptors (Lipinski definition) is 5. The fraction of sp³-hybridized carbons (Fsp3) is 0.533. The number of benzene rings is 1. The van der Waals surface area contributed by atoms with Crippen LogP contribution in [0.4, 0.5) is 11.4 Å². The second kappa shape index (κ2) is 7.17. The van der Waals surface area contributed by atoms with Gasteiger partial charge in [0, 0.05) is 36.0 Å². The van der Waals surface area contributed by atoms with E-state index in [1.165, 1.54) is 18.6 Å². The van der Waals surface area contributed by atoms with Crippen LogP contribution >= 0.6 is 0 Å². The lowest BCUT2D eigenvalue weighted by Gasteiger charge is -2.36. The predicted molar refractivity (Wildman–Crippen MR) is 79.8 cm³/mol. The van der Waals surface area contributed by atoms with Crippen LogP contribution in [0, 0.1) is 10.1 Å². The summed E-state index contributed by atoms with van der Waals surface area (Å²) in [6, 6.07) is 4.61. The second-order valence-electron chi connectivity index (χ2n) is 5.33. The van der Waals surface area contributed by atoms with Crippen molar-refractivity contribution in [2.24, 2.45) is 0 Å². The number of non-ortho nitro benzene ring substituents is 1. The highest BCUT2D eigenvalue weighted by Gasteiger charge is 2.24. The van der Waals surface area contributed by atoms with E-state index < -0.39 is 4.92 Å². The molecular weight excluding hydrogens is 272 g/mol. The molecule has 0 aliphatic heterocycles. The van der Waals surface area contributed by atoms with Gasteiger partial charge in [-0.3, -0.25) is 14.9 Å². The summed E-state index contributed by atoms with van der Waals surface area (Å²) < 4.78 is 0. The van der Waals surface area contributed by atoms with Gasteiger partial charge in [0.1, 0.15) is 0 Å². The third-order valence-electron chi connectivity index (χ3n) is 4.01. The topological polar surface area (TPSA) is 83.7 Å². The average molecular weight is 292 g/mol. The van der Waals surface area contributed by atoms with Crippen molar-refractivity contribution >= 4 is 17.7 Å².